The SMILES string of the molecule is CCOC(=O)C[C@H](NC(=O)c1cnn(C)n1)c1cc(Cl)cc(Cl)c1. The van der Waals surface area contributed by atoms with Crippen LogP contribution in [0.3, 0.4) is 0 Å². The molecule has 0 radical (unpaired) electrons. The van der Waals surface area contributed by atoms with E-state index in [0.717, 1.165) is 0 Å². The number of esters is 1. The van der Waals surface area contributed by atoms with Crippen molar-refractivity contribution in [3.05, 3.63) is 45.7 Å². The Hall–Kier alpha value is -2.12. The van der Waals surface area contributed by atoms with Crippen LogP contribution in [0.4, 0.5) is 0 Å². The Kier molecular flexibility index (Phi) is 6.16. The van der Waals surface area contributed by atoms with Crippen molar-refractivity contribution in [2.24, 2.45) is 7.05 Å². The van der Waals surface area contributed by atoms with Crippen LogP contribution in [0.25, 0.3) is 0 Å². The number of carbonyl (C=O) groups is 2. The summed E-state index contributed by atoms with van der Waals surface area (Å²) in [5.74, 6) is -0.911. The molecule has 1 amide bonds. The van der Waals surface area contributed by atoms with E-state index in [4.69, 9.17) is 27.9 Å². The lowest BCUT2D eigenvalue weighted by Crippen LogP contribution is -2.31. The van der Waals surface area contributed by atoms with Gasteiger partial charge in [0.1, 0.15) is 0 Å². The average Bonchev–Trinajstić information content (AvgIpc) is 2.92. The normalized spacial score (nSPS) is 11.8. The summed E-state index contributed by atoms with van der Waals surface area (Å²) < 4.78 is 4.96. The van der Waals surface area contributed by atoms with Crippen LogP contribution >= 0.6 is 23.2 Å². The maximum absolute atomic E-state index is 12.3. The van der Waals surface area contributed by atoms with Crippen LogP contribution in [0.2, 0.25) is 10.0 Å². The summed E-state index contributed by atoms with van der Waals surface area (Å²) in [5, 5.41) is 11.3. The van der Waals surface area contributed by atoms with E-state index >= 15 is 0 Å². The van der Waals surface area contributed by atoms with Gasteiger partial charge in [-0.05, 0) is 30.7 Å². The lowest BCUT2D eigenvalue weighted by atomic mass is 10.0. The van der Waals surface area contributed by atoms with Crippen LogP contribution in [-0.4, -0.2) is 33.5 Å². The van der Waals surface area contributed by atoms with E-state index in [1.165, 1.54) is 11.0 Å². The molecule has 2 rings (SSSR count). The second kappa shape index (κ2) is 8.12. The van der Waals surface area contributed by atoms with Crippen LogP contribution < -0.4 is 5.32 Å². The molecule has 0 aliphatic heterocycles. The number of benzene rings is 1. The molecule has 0 aliphatic carbocycles. The van der Waals surface area contributed by atoms with Crippen molar-refractivity contribution in [3.8, 4) is 0 Å². The first-order chi connectivity index (χ1) is 11.4. The summed E-state index contributed by atoms with van der Waals surface area (Å²) in [6, 6.07) is 4.18. The molecular formula is C15H16Cl2N4O3. The molecule has 24 heavy (non-hydrogen) atoms. The van der Waals surface area contributed by atoms with Crippen molar-refractivity contribution < 1.29 is 14.3 Å². The Labute approximate surface area is 148 Å². The molecule has 1 aromatic carbocycles. The third kappa shape index (κ3) is 4.94. The zero-order valence-electron chi connectivity index (χ0n) is 13.1. The van der Waals surface area contributed by atoms with Crippen LogP contribution in [-0.2, 0) is 16.6 Å². The number of ether oxygens (including phenoxy) is 1. The van der Waals surface area contributed by atoms with Crippen molar-refractivity contribution in [1.82, 2.24) is 20.3 Å². The first-order valence-corrected chi connectivity index (χ1v) is 7.93. The van der Waals surface area contributed by atoms with Crippen molar-refractivity contribution >= 4 is 35.1 Å². The number of rotatable bonds is 6. The van der Waals surface area contributed by atoms with E-state index in [1.807, 2.05) is 0 Å². The maximum atomic E-state index is 12.3. The molecule has 9 heteroatoms. The number of nitrogens with one attached hydrogen (secondary N) is 1. The zero-order valence-corrected chi connectivity index (χ0v) is 14.6. The van der Waals surface area contributed by atoms with Gasteiger partial charge in [0.15, 0.2) is 5.69 Å². The van der Waals surface area contributed by atoms with E-state index in [0.29, 0.717) is 15.6 Å². The van der Waals surface area contributed by atoms with E-state index in [9.17, 15) is 9.59 Å². The average molecular weight is 371 g/mol. The van der Waals surface area contributed by atoms with Crippen molar-refractivity contribution in [3.63, 3.8) is 0 Å². The second-order valence-electron chi connectivity index (χ2n) is 4.96. The van der Waals surface area contributed by atoms with Crippen molar-refractivity contribution in [2.45, 2.75) is 19.4 Å². The van der Waals surface area contributed by atoms with Gasteiger partial charge < -0.3 is 10.1 Å². The van der Waals surface area contributed by atoms with Gasteiger partial charge >= 0.3 is 5.97 Å². The smallest absolute Gasteiger partial charge is 0.308 e. The van der Waals surface area contributed by atoms with Crippen LogP contribution in [0.5, 0.6) is 0 Å². The number of carbonyl (C=O) groups excluding carboxylic acids is 2. The fourth-order valence-electron chi connectivity index (χ4n) is 2.10. The summed E-state index contributed by atoms with van der Waals surface area (Å²) in [4.78, 5) is 25.4. The van der Waals surface area contributed by atoms with Crippen LogP contribution in [0.15, 0.2) is 24.4 Å². The highest BCUT2D eigenvalue weighted by Gasteiger charge is 2.22. The largest absolute Gasteiger partial charge is 0.466 e. The zero-order chi connectivity index (χ0) is 17.7. The van der Waals surface area contributed by atoms with Gasteiger partial charge in [-0.2, -0.15) is 9.90 Å². The predicted molar refractivity (Wildman–Crippen MR) is 88.9 cm³/mol. The summed E-state index contributed by atoms with van der Waals surface area (Å²) in [5.41, 5.74) is 0.734. The standard InChI is InChI=1S/C15H16Cl2N4O3/c1-3-24-14(22)7-12(9-4-10(16)6-11(17)5-9)19-15(23)13-8-18-21(2)20-13/h4-6,8,12H,3,7H2,1-2H3,(H,19,23)/t12-/m0/s1. The Morgan fingerprint density at radius 3 is 2.50 bits per heavy atom. The molecule has 0 saturated carbocycles. The highest BCUT2D eigenvalue weighted by Crippen LogP contribution is 2.26. The number of aryl methyl sites for hydroxylation is 1. The Morgan fingerprint density at radius 2 is 1.96 bits per heavy atom. The van der Waals surface area contributed by atoms with Gasteiger partial charge in [0.2, 0.25) is 0 Å². The monoisotopic (exact) mass is 370 g/mol. The van der Waals surface area contributed by atoms with Crippen LogP contribution in [0, 0.1) is 0 Å². The quantitative estimate of drug-likeness (QED) is 0.789. The molecule has 2 aromatic rings. The van der Waals surface area contributed by atoms with E-state index < -0.39 is 17.9 Å². The Morgan fingerprint density at radius 1 is 1.29 bits per heavy atom. The van der Waals surface area contributed by atoms with Gasteiger partial charge in [0.05, 0.1) is 25.3 Å². The number of nitrogens with zero attached hydrogens (tertiary/aromatic N) is 3. The summed E-state index contributed by atoms with van der Waals surface area (Å²) >= 11 is 12.0. The fraction of sp³-hybridized carbons (Fsp3) is 0.333. The molecule has 1 N–H and O–H groups in total. The molecule has 0 saturated heterocycles. The molecule has 0 spiro atoms. The van der Waals surface area contributed by atoms with Gasteiger partial charge in [-0.25, -0.2) is 0 Å². The highest BCUT2D eigenvalue weighted by molar-refractivity contribution is 6.34. The lowest BCUT2D eigenvalue weighted by molar-refractivity contribution is -0.143. The van der Waals surface area contributed by atoms with Gasteiger partial charge in [0.25, 0.3) is 5.91 Å². The van der Waals surface area contributed by atoms with E-state index in [-0.39, 0.29) is 18.7 Å². The second-order valence-corrected chi connectivity index (χ2v) is 5.83. The maximum Gasteiger partial charge on any atom is 0.308 e. The molecule has 1 aromatic heterocycles. The van der Waals surface area contributed by atoms with Gasteiger partial charge in [-0.1, -0.05) is 23.2 Å². The molecule has 1 heterocycles. The van der Waals surface area contributed by atoms with Gasteiger partial charge in [-0.3, -0.25) is 9.59 Å². The number of halogens is 2. The topological polar surface area (TPSA) is 86.1 Å². The lowest BCUT2D eigenvalue weighted by Gasteiger charge is -2.18. The minimum atomic E-state index is -0.658. The van der Waals surface area contributed by atoms with Gasteiger partial charge in [-0.15, -0.1) is 5.10 Å². The summed E-state index contributed by atoms with van der Waals surface area (Å²) in [7, 11) is 1.60. The van der Waals surface area contributed by atoms with Crippen molar-refractivity contribution in [2.75, 3.05) is 6.61 Å². The van der Waals surface area contributed by atoms with Crippen molar-refractivity contribution in [1.29, 1.82) is 0 Å². The Bertz CT molecular complexity index is 728. The predicted octanol–water partition coefficient (Wildman–Crippen LogP) is 2.55. The third-order valence-corrected chi connectivity index (χ3v) is 3.54. The molecule has 128 valence electrons. The molecule has 0 fully saturated rings. The molecular weight excluding hydrogens is 355 g/mol. The molecule has 1 atom stereocenters. The number of hydrogen-bond donors (Lipinski definition) is 1. The molecule has 0 bridgehead atoms. The Balaban J connectivity index is 2.24. The van der Waals surface area contributed by atoms with E-state index in [1.54, 1.807) is 32.2 Å². The number of aromatic nitrogens is 3. The molecule has 0 unspecified atom stereocenters. The first kappa shape index (κ1) is 18.2. The molecule has 7 nitrogen and oxygen atoms in total. The minimum Gasteiger partial charge on any atom is -0.466 e. The highest BCUT2D eigenvalue weighted by atomic mass is 35.5. The molecule has 0 aliphatic rings. The number of hydrogen-bond acceptors (Lipinski definition) is 5. The number of amides is 1. The summed E-state index contributed by atoms with van der Waals surface area (Å²) in [6.45, 7) is 1.96. The third-order valence-electron chi connectivity index (χ3n) is 3.10. The first-order valence-electron chi connectivity index (χ1n) is 7.18. The minimum absolute atomic E-state index is 0.0590. The summed E-state index contributed by atoms with van der Waals surface area (Å²) in [6.07, 6.45) is 1.28. The fourth-order valence-corrected chi connectivity index (χ4v) is 2.64. The van der Waals surface area contributed by atoms with E-state index in [2.05, 4.69) is 15.5 Å². The van der Waals surface area contributed by atoms with Gasteiger partial charge in [0, 0.05) is 17.1 Å². The van der Waals surface area contributed by atoms with Crippen LogP contribution in [0.1, 0.15) is 35.4 Å².